The predicted molar refractivity (Wildman–Crippen MR) is 131 cm³/mol. The van der Waals surface area contributed by atoms with E-state index in [2.05, 4.69) is 50.2 Å². The van der Waals surface area contributed by atoms with E-state index in [0.29, 0.717) is 0 Å². The summed E-state index contributed by atoms with van der Waals surface area (Å²) in [5, 5.41) is 2.33. The van der Waals surface area contributed by atoms with Crippen LogP contribution in [0.2, 0.25) is 0 Å². The third-order valence-electron chi connectivity index (χ3n) is 5.84. The minimum atomic E-state index is 0.791. The van der Waals surface area contributed by atoms with E-state index in [1.165, 1.54) is 82.4 Å². The summed E-state index contributed by atoms with van der Waals surface area (Å²) in [5.74, 6) is 1.93. The van der Waals surface area contributed by atoms with Crippen molar-refractivity contribution in [3.8, 4) is 11.5 Å². The molecule has 30 heavy (non-hydrogen) atoms. The Labute approximate surface area is 185 Å². The second-order valence-corrected chi connectivity index (χ2v) is 8.55. The molecule has 2 aromatic rings. The molecule has 0 aromatic heterocycles. The fourth-order valence-electron chi connectivity index (χ4n) is 4.00. The molecule has 168 valence electrons. The fraction of sp³-hybridized carbons (Fsp3) is 0.643. The molecule has 0 saturated heterocycles. The zero-order valence-corrected chi connectivity index (χ0v) is 19.6. The van der Waals surface area contributed by atoms with Crippen LogP contribution in [0.15, 0.2) is 36.4 Å². The largest absolute Gasteiger partial charge is 0.493 e. The molecule has 0 bridgehead atoms. The van der Waals surface area contributed by atoms with E-state index in [4.69, 9.17) is 9.47 Å². The molecular formula is C28H44O2. The highest BCUT2D eigenvalue weighted by molar-refractivity contribution is 5.93. The van der Waals surface area contributed by atoms with E-state index in [9.17, 15) is 0 Å². The number of fused-ring (bicyclic) bond motifs is 1. The second-order valence-electron chi connectivity index (χ2n) is 8.55. The van der Waals surface area contributed by atoms with Crippen molar-refractivity contribution in [1.29, 1.82) is 0 Å². The van der Waals surface area contributed by atoms with Crippen LogP contribution in [-0.4, -0.2) is 13.2 Å². The number of benzene rings is 2. The minimum absolute atomic E-state index is 0.791. The first kappa shape index (κ1) is 24.6. The van der Waals surface area contributed by atoms with Gasteiger partial charge in [-0.2, -0.15) is 0 Å². The van der Waals surface area contributed by atoms with Gasteiger partial charge >= 0.3 is 0 Å². The molecule has 2 aromatic carbocycles. The first-order valence-corrected chi connectivity index (χ1v) is 12.6. The van der Waals surface area contributed by atoms with Crippen LogP contribution in [0.1, 0.15) is 104 Å². The lowest BCUT2D eigenvalue weighted by atomic mass is 10.1. The number of rotatable bonds is 18. The van der Waals surface area contributed by atoms with E-state index in [0.717, 1.165) is 42.9 Å². The average molecular weight is 413 g/mol. The summed E-state index contributed by atoms with van der Waals surface area (Å²) in [6, 6.07) is 12.6. The van der Waals surface area contributed by atoms with Gasteiger partial charge in [0.25, 0.3) is 0 Å². The molecule has 0 radical (unpaired) electrons. The first-order chi connectivity index (χ1) is 14.9. The quantitative estimate of drug-likeness (QED) is 0.227. The number of hydrogen-bond donors (Lipinski definition) is 0. The Balaban J connectivity index is 1.78. The van der Waals surface area contributed by atoms with Crippen molar-refractivity contribution in [3.05, 3.63) is 36.4 Å². The molecule has 0 heterocycles. The lowest BCUT2D eigenvalue weighted by molar-refractivity contribution is 0.297. The van der Waals surface area contributed by atoms with Gasteiger partial charge in [0.05, 0.1) is 18.6 Å². The van der Waals surface area contributed by atoms with Gasteiger partial charge in [-0.15, -0.1) is 0 Å². The Morgan fingerprint density at radius 1 is 0.500 bits per heavy atom. The summed E-state index contributed by atoms with van der Waals surface area (Å²) in [6.07, 6.45) is 18.3. The zero-order valence-electron chi connectivity index (χ0n) is 19.6. The second kappa shape index (κ2) is 16.1. The molecule has 0 aliphatic carbocycles. The van der Waals surface area contributed by atoms with Crippen LogP contribution in [0.4, 0.5) is 0 Å². The van der Waals surface area contributed by atoms with Crippen molar-refractivity contribution in [2.45, 2.75) is 104 Å². The minimum Gasteiger partial charge on any atom is -0.493 e. The maximum atomic E-state index is 6.19. The van der Waals surface area contributed by atoms with Crippen molar-refractivity contribution < 1.29 is 9.47 Å². The van der Waals surface area contributed by atoms with Crippen molar-refractivity contribution >= 4 is 10.8 Å². The highest BCUT2D eigenvalue weighted by Crippen LogP contribution is 2.34. The Morgan fingerprint density at radius 3 is 1.33 bits per heavy atom. The van der Waals surface area contributed by atoms with Gasteiger partial charge in [-0.25, -0.2) is 0 Å². The van der Waals surface area contributed by atoms with Gasteiger partial charge in [0, 0.05) is 0 Å². The smallest absolute Gasteiger partial charge is 0.130 e. The topological polar surface area (TPSA) is 18.5 Å². The normalized spacial score (nSPS) is 11.1. The summed E-state index contributed by atoms with van der Waals surface area (Å²) in [4.78, 5) is 0. The van der Waals surface area contributed by atoms with Crippen molar-refractivity contribution in [2.24, 2.45) is 0 Å². The van der Waals surface area contributed by atoms with Gasteiger partial charge in [0.1, 0.15) is 11.5 Å². The monoisotopic (exact) mass is 412 g/mol. The molecule has 0 aliphatic heterocycles. The molecule has 0 amide bonds. The highest BCUT2D eigenvalue weighted by Gasteiger charge is 2.08. The number of ether oxygens (including phenoxy) is 2. The Kier molecular flexibility index (Phi) is 13.1. The average Bonchev–Trinajstić information content (AvgIpc) is 2.77. The van der Waals surface area contributed by atoms with E-state index >= 15 is 0 Å². The van der Waals surface area contributed by atoms with Crippen LogP contribution in [-0.2, 0) is 0 Å². The van der Waals surface area contributed by atoms with Crippen LogP contribution in [0.25, 0.3) is 10.8 Å². The summed E-state index contributed by atoms with van der Waals surface area (Å²) >= 11 is 0. The molecular weight excluding hydrogens is 368 g/mol. The molecule has 2 heteroatoms. The van der Waals surface area contributed by atoms with Gasteiger partial charge in [-0.1, -0.05) is 115 Å². The first-order valence-electron chi connectivity index (χ1n) is 12.6. The van der Waals surface area contributed by atoms with Crippen LogP contribution in [0, 0.1) is 0 Å². The van der Waals surface area contributed by atoms with Crippen molar-refractivity contribution in [3.63, 3.8) is 0 Å². The number of unbranched alkanes of at least 4 members (excludes halogenated alkanes) is 12. The van der Waals surface area contributed by atoms with Gasteiger partial charge in [-0.05, 0) is 30.4 Å². The lowest BCUT2D eigenvalue weighted by Crippen LogP contribution is -2.01. The molecule has 2 rings (SSSR count). The van der Waals surface area contributed by atoms with E-state index in [1.807, 2.05) is 0 Å². The Bertz CT molecular complexity index is 625. The predicted octanol–water partition coefficient (Wildman–Crippen LogP) is 9.10. The van der Waals surface area contributed by atoms with Gasteiger partial charge in [0.15, 0.2) is 0 Å². The molecule has 2 nitrogen and oxygen atoms in total. The third-order valence-corrected chi connectivity index (χ3v) is 5.84. The van der Waals surface area contributed by atoms with Gasteiger partial charge in [0.2, 0.25) is 0 Å². The van der Waals surface area contributed by atoms with Crippen molar-refractivity contribution in [1.82, 2.24) is 0 Å². The Morgan fingerprint density at radius 2 is 0.900 bits per heavy atom. The van der Waals surface area contributed by atoms with Crippen LogP contribution >= 0.6 is 0 Å². The summed E-state index contributed by atoms with van der Waals surface area (Å²) in [6.45, 7) is 6.12. The molecule has 0 unspecified atom stereocenters. The van der Waals surface area contributed by atoms with Crippen molar-refractivity contribution in [2.75, 3.05) is 13.2 Å². The molecule has 0 spiro atoms. The molecule has 0 saturated carbocycles. The van der Waals surface area contributed by atoms with Crippen LogP contribution in [0.3, 0.4) is 0 Å². The van der Waals surface area contributed by atoms with E-state index in [1.54, 1.807) is 0 Å². The third kappa shape index (κ3) is 9.41. The molecule has 0 N–H and O–H groups in total. The van der Waals surface area contributed by atoms with Gasteiger partial charge < -0.3 is 9.47 Å². The van der Waals surface area contributed by atoms with E-state index in [-0.39, 0.29) is 0 Å². The van der Waals surface area contributed by atoms with Crippen LogP contribution in [0.5, 0.6) is 11.5 Å². The Hall–Kier alpha value is -1.70. The number of hydrogen-bond acceptors (Lipinski definition) is 2. The maximum Gasteiger partial charge on any atom is 0.130 e. The standard InChI is InChI=1S/C28H44O2/c1-3-5-7-9-11-13-15-23-29-26-21-17-19-25-20-18-22-27(28(25)26)30-24-16-14-12-10-8-6-4-2/h17-22H,3-16,23-24H2,1-2H3. The van der Waals surface area contributed by atoms with Crippen LogP contribution < -0.4 is 9.47 Å². The molecule has 0 atom stereocenters. The lowest BCUT2D eigenvalue weighted by Gasteiger charge is -2.14. The summed E-state index contributed by atoms with van der Waals surface area (Å²) < 4.78 is 12.4. The zero-order chi connectivity index (χ0) is 21.3. The fourth-order valence-corrected chi connectivity index (χ4v) is 4.00. The summed E-state index contributed by atoms with van der Waals surface area (Å²) in [5.41, 5.74) is 0. The van der Waals surface area contributed by atoms with E-state index < -0.39 is 0 Å². The SMILES string of the molecule is CCCCCCCCCOc1cccc2cccc(OCCCCCCCCC)c12. The molecule has 0 aliphatic rings. The van der Waals surface area contributed by atoms with Gasteiger partial charge in [-0.3, -0.25) is 0 Å². The highest BCUT2D eigenvalue weighted by atomic mass is 16.5. The molecule has 0 fully saturated rings. The maximum absolute atomic E-state index is 6.19. The summed E-state index contributed by atoms with van der Waals surface area (Å²) in [7, 11) is 0.